The van der Waals surface area contributed by atoms with Crippen molar-refractivity contribution in [1.29, 1.82) is 0 Å². The molecule has 3 aromatic rings. The number of aromatic amines is 1. The minimum atomic E-state index is -0.0281. The van der Waals surface area contributed by atoms with E-state index in [2.05, 4.69) is 60.4 Å². The zero-order valence-corrected chi connectivity index (χ0v) is 17.6. The van der Waals surface area contributed by atoms with E-state index in [4.69, 9.17) is 4.98 Å². The Balaban J connectivity index is 1.62. The first-order valence-corrected chi connectivity index (χ1v) is 11.2. The largest absolute Gasteiger partial charge is 0.306 e. The molecule has 3 heterocycles. The molecule has 1 fully saturated rings. The van der Waals surface area contributed by atoms with Crippen LogP contribution >= 0.6 is 23.1 Å². The van der Waals surface area contributed by atoms with Crippen molar-refractivity contribution in [3.63, 3.8) is 0 Å². The van der Waals surface area contributed by atoms with Gasteiger partial charge in [0.15, 0.2) is 5.16 Å². The number of aromatic nitrogens is 2. The lowest BCUT2D eigenvalue weighted by molar-refractivity contribution is 0.282. The van der Waals surface area contributed by atoms with Gasteiger partial charge in [-0.15, -0.1) is 11.3 Å². The van der Waals surface area contributed by atoms with Crippen LogP contribution in [0.3, 0.4) is 0 Å². The number of benzene rings is 1. The van der Waals surface area contributed by atoms with Crippen LogP contribution in [0.2, 0.25) is 0 Å². The first-order chi connectivity index (χ1) is 13.0. The van der Waals surface area contributed by atoms with Crippen molar-refractivity contribution < 1.29 is 0 Å². The number of likely N-dealkylation sites (tertiary alicyclic amines) is 1. The maximum atomic E-state index is 12.8. The second-order valence-electron chi connectivity index (χ2n) is 7.60. The summed E-state index contributed by atoms with van der Waals surface area (Å²) in [6.45, 7) is 6.60. The lowest BCUT2D eigenvalue weighted by Gasteiger charge is -2.27. The average molecular weight is 400 g/mol. The van der Waals surface area contributed by atoms with Crippen LogP contribution in [0.15, 0.2) is 39.6 Å². The summed E-state index contributed by atoms with van der Waals surface area (Å²) in [7, 11) is 2.16. The van der Waals surface area contributed by atoms with E-state index in [0.717, 1.165) is 47.0 Å². The van der Waals surface area contributed by atoms with E-state index in [-0.39, 0.29) is 5.56 Å². The van der Waals surface area contributed by atoms with E-state index in [0.29, 0.717) is 16.6 Å². The van der Waals surface area contributed by atoms with Crippen molar-refractivity contribution in [3.8, 4) is 11.1 Å². The van der Waals surface area contributed by atoms with E-state index in [1.54, 1.807) is 23.1 Å². The Labute approximate surface area is 168 Å². The van der Waals surface area contributed by atoms with Gasteiger partial charge < -0.3 is 9.88 Å². The number of H-pyrrole nitrogens is 1. The molecule has 27 heavy (non-hydrogen) atoms. The molecule has 0 atom stereocenters. The van der Waals surface area contributed by atoms with Crippen LogP contribution in [-0.4, -0.2) is 40.3 Å². The average Bonchev–Trinajstić information content (AvgIpc) is 3.08. The van der Waals surface area contributed by atoms with Gasteiger partial charge in [0.2, 0.25) is 0 Å². The van der Waals surface area contributed by atoms with Crippen LogP contribution in [0.1, 0.15) is 38.2 Å². The predicted molar refractivity (Wildman–Crippen MR) is 116 cm³/mol. The molecular weight excluding hydrogens is 374 g/mol. The first-order valence-electron chi connectivity index (χ1n) is 9.48. The van der Waals surface area contributed by atoms with Crippen LogP contribution < -0.4 is 5.56 Å². The van der Waals surface area contributed by atoms with Gasteiger partial charge in [-0.05, 0) is 50.0 Å². The molecule has 1 aromatic carbocycles. The Morgan fingerprint density at radius 2 is 1.93 bits per heavy atom. The van der Waals surface area contributed by atoms with Crippen molar-refractivity contribution in [2.24, 2.45) is 0 Å². The maximum absolute atomic E-state index is 12.8. The molecule has 4 nitrogen and oxygen atoms in total. The van der Waals surface area contributed by atoms with Crippen molar-refractivity contribution in [3.05, 3.63) is 45.6 Å². The summed E-state index contributed by atoms with van der Waals surface area (Å²) in [5.74, 6) is 0.502. The molecular formula is C21H25N3OS2. The molecule has 1 saturated heterocycles. The van der Waals surface area contributed by atoms with Gasteiger partial charge in [-0.2, -0.15) is 0 Å². The van der Waals surface area contributed by atoms with E-state index in [9.17, 15) is 4.79 Å². The summed E-state index contributed by atoms with van der Waals surface area (Å²) >= 11 is 3.28. The van der Waals surface area contributed by atoms with E-state index >= 15 is 0 Å². The molecule has 142 valence electrons. The van der Waals surface area contributed by atoms with Crippen LogP contribution in [0.5, 0.6) is 0 Å². The van der Waals surface area contributed by atoms with Crippen LogP contribution in [0, 0.1) is 0 Å². The lowest BCUT2D eigenvalue weighted by Crippen LogP contribution is -2.31. The molecule has 0 aliphatic carbocycles. The third-order valence-electron chi connectivity index (χ3n) is 5.25. The van der Waals surface area contributed by atoms with Gasteiger partial charge in [-0.25, -0.2) is 4.98 Å². The zero-order chi connectivity index (χ0) is 19.0. The molecule has 0 radical (unpaired) electrons. The zero-order valence-electron chi connectivity index (χ0n) is 16.0. The Hall–Kier alpha value is -1.63. The number of piperidine rings is 1. The molecule has 4 rings (SSSR count). The van der Waals surface area contributed by atoms with Crippen molar-refractivity contribution in [1.82, 2.24) is 14.9 Å². The number of rotatable bonds is 4. The van der Waals surface area contributed by atoms with E-state index in [1.807, 2.05) is 0 Å². The highest BCUT2D eigenvalue weighted by molar-refractivity contribution is 7.99. The molecule has 0 bridgehead atoms. The van der Waals surface area contributed by atoms with Crippen molar-refractivity contribution in [2.45, 2.75) is 43.0 Å². The fourth-order valence-corrected chi connectivity index (χ4v) is 5.57. The Bertz CT molecular complexity index is 983. The number of thiophene rings is 1. The van der Waals surface area contributed by atoms with Gasteiger partial charge in [0, 0.05) is 16.2 Å². The summed E-state index contributed by atoms with van der Waals surface area (Å²) in [6.07, 6.45) is 2.28. The molecule has 1 N–H and O–H groups in total. The highest BCUT2D eigenvalue weighted by Gasteiger charge is 2.20. The lowest BCUT2D eigenvalue weighted by atomic mass is 9.99. The predicted octanol–water partition coefficient (Wildman–Crippen LogP) is 4.96. The Kier molecular flexibility index (Phi) is 5.39. The van der Waals surface area contributed by atoms with Crippen LogP contribution in [-0.2, 0) is 0 Å². The van der Waals surface area contributed by atoms with Crippen LogP contribution in [0.4, 0.5) is 0 Å². The number of thioether (sulfide) groups is 1. The normalized spacial score (nSPS) is 16.4. The number of nitrogens with zero attached hydrogens (tertiary/aromatic N) is 2. The fraction of sp³-hybridized carbons (Fsp3) is 0.429. The Morgan fingerprint density at radius 3 is 2.59 bits per heavy atom. The second-order valence-corrected chi connectivity index (χ2v) is 9.74. The smallest absolute Gasteiger partial charge is 0.260 e. The molecule has 2 aromatic heterocycles. The van der Waals surface area contributed by atoms with Gasteiger partial charge >= 0.3 is 0 Å². The molecule has 1 aliphatic heterocycles. The number of hydrogen-bond acceptors (Lipinski definition) is 5. The van der Waals surface area contributed by atoms with Gasteiger partial charge in [0.25, 0.3) is 5.56 Å². The SMILES string of the molecule is CC(C)c1ccc(-c2csc3nc(SC4CCN(C)CC4)[nH]c(=O)c23)cc1. The quantitative estimate of drug-likeness (QED) is 0.630. The number of nitrogens with one attached hydrogen (secondary N) is 1. The highest BCUT2D eigenvalue weighted by Crippen LogP contribution is 2.33. The monoisotopic (exact) mass is 399 g/mol. The van der Waals surface area contributed by atoms with Crippen molar-refractivity contribution >= 4 is 33.3 Å². The van der Waals surface area contributed by atoms with Gasteiger partial charge in [0.05, 0.1) is 5.39 Å². The minimum Gasteiger partial charge on any atom is -0.306 e. The molecule has 0 saturated carbocycles. The molecule has 0 amide bonds. The summed E-state index contributed by atoms with van der Waals surface area (Å²) in [4.78, 5) is 23.8. The van der Waals surface area contributed by atoms with E-state index < -0.39 is 0 Å². The van der Waals surface area contributed by atoms with Gasteiger partial charge in [-0.1, -0.05) is 49.9 Å². The maximum Gasteiger partial charge on any atom is 0.260 e. The fourth-order valence-electron chi connectivity index (χ4n) is 3.51. The summed E-state index contributed by atoms with van der Waals surface area (Å²) in [5.41, 5.74) is 3.34. The Morgan fingerprint density at radius 1 is 1.22 bits per heavy atom. The number of hydrogen-bond donors (Lipinski definition) is 1. The standard InChI is InChI=1S/C21H25N3OS2/c1-13(2)14-4-6-15(7-5-14)17-12-26-20-18(17)19(25)22-21(23-20)27-16-8-10-24(3)11-9-16/h4-7,12-13,16H,8-11H2,1-3H3,(H,22,23,25). The highest BCUT2D eigenvalue weighted by atomic mass is 32.2. The third kappa shape index (κ3) is 3.98. The topological polar surface area (TPSA) is 49.0 Å². The van der Waals surface area contributed by atoms with Gasteiger partial charge in [-0.3, -0.25) is 4.79 Å². The molecule has 6 heteroatoms. The molecule has 1 aliphatic rings. The second kappa shape index (κ2) is 7.78. The minimum absolute atomic E-state index is 0.0281. The van der Waals surface area contributed by atoms with Gasteiger partial charge in [0.1, 0.15) is 4.83 Å². The van der Waals surface area contributed by atoms with Crippen LogP contribution in [0.25, 0.3) is 21.3 Å². The summed E-state index contributed by atoms with van der Waals surface area (Å²) in [5, 5.41) is 4.06. The first kappa shape index (κ1) is 18.7. The number of fused-ring (bicyclic) bond motifs is 1. The molecule has 0 unspecified atom stereocenters. The summed E-state index contributed by atoms with van der Waals surface area (Å²) in [6, 6.07) is 8.51. The van der Waals surface area contributed by atoms with E-state index in [1.165, 1.54) is 5.56 Å². The third-order valence-corrected chi connectivity index (χ3v) is 7.35. The summed E-state index contributed by atoms with van der Waals surface area (Å²) < 4.78 is 0. The molecule has 0 spiro atoms. The van der Waals surface area contributed by atoms with Crippen molar-refractivity contribution in [2.75, 3.05) is 20.1 Å².